The second-order valence-electron chi connectivity index (χ2n) is 4.70. The number of halogens is 2. The number of nitrogen functional groups attached to an aromatic ring is 1. The molecule has 1 fully saturated rings. The highest BCUT2D eigenvalue weighted by Crippen LogP contribution is 2.23. The number of benzene rings is 1. The molecule has 1 saturated heterocycles. The summed E-state index contributed by atoms with van der Waals surface area (Å²) in [5.74, 6) is -2.10. The van der Waals surface area contributed by atoms with E-state index in [1.54, 1.807) is 4.90 Å². The maximum Gasteiger partial charge on any atom is 0.257 e. The normalized spacial score (nSPS) is 19.9. The molecular weight excluding hydrogens is 238 g/mol. The Balaban J connectivity index is 2.30. The Morgan fingerprint density at radius 2 is 2.06 bits per heavy atom. The predicted molar refractivity (Wildman–Crippen MR) is 65.1 cm³/mol. The minimum Gasteiger partial charge on any atom is -0.396 e. The van der Waals surface area contributed by atoms with Gasteiger partial charge in [-0.1, -0.05) is 0 Å². The molecule has 1 atom stereocenters. The van der Waals surface area contributed by atoms with Gasteiger partial charge in [-0.25, -0.2) is 8.78 Å². The number of rotatable bonds is 1. The Labute approximate surface area is 105 Å². The number of carbonyl (C=O) groups excluding carboxylic acids is 1. The topological polar surface area (TPSA) is 46.3 Å². The van der Waals surface area contributed by atoms with E-state index in [9.17, 15) is 13.6 Å². The number of hydrogen-bond donors (Lipinski definition) is 1. The standard InChI is InChI=1S/C13H16F2N2O/c1-8-4-2-3-5-17(8)13(18)9-6-12(16)11(15)7-10(9)14/h6-8H,2-5,16H2,1H3. The average Bonchev–Trinajstić information content (AvgIpc) is 2.33. The highest BCUT2D eigenvalue weighted by atomic mass is 19.1. The molecule has 2 rings (SSSR count). The molecule has 1 unspecified atom stereocenters. The molecule has 1 aromatic carbocycles. The van der Waals surface area contributed by atoms with Crippen LogP contribution in [-0.4, -0.2) is 23.4 Å². The van der Waals surface area contributed by atoms with Crippen LogP contribution in [0.25, 0.3) is 0 Å². The van der Waals surface area contributed by atoms with E-state index in [2.05, 4.69) is 0 Å². The van der Waals surface area contributed by atoms with Crippen LogP contribution in [0.4, 0.5) is 14.5 Å². The van der Waals surface area contributed by atoms with Crippen molar-refractivity contribution >= 4 is 11.6 Å². The van der Waals surface area contributed by atoms with E-state index in [1.807, 2.05) is 6.92 Å². The first-order valence-corrected chi connectivity index (χ1v) is 6.06. The van der Waals surface area contributed by atoms with Crippen LogP contribution in [0.15, 0.2) is 12.1 Å². The van der Waals surface area contributed by atoms with Gasteiger partial charge in [-0.3, -0.25) is 4.79 Å². The van der Waals surface area contributed by atoms with Gasteiger partial charge in [0.2, 0.25) is 0 Å². The molecular formula is C13H16F2N2O. The number of nitrogens with zero attached hydrogens (tertiary/aromatic N) is 1. The van der Waals surface area contributed by atoms with Crippen LogP contribution < -0.4 is 5.73 Å². The number of amides is 1. The summed E-state index contributed by atoms with van der Waals surface area (Å²) in [6.45, 7) is 2.54. The summed E-state index contributed by atoms with van der Waals surface area (Å²) < 4.78 is 26.7. The summed E-state index contributed by atoms with van der Waals surface area (Å²) in [6, 6.07) is 1.82. The highest BCUT2D eigenvalue weighted by Gasteiger charge is 2.26. The van der Waals surface area contributed by atoms with Crippen LogP contribution >= 0.6 is 0 Å². The van der Waals surface area contributed by atoms with Gasteiger partial charge >= 0.3 is 0 Å². The number of anilines is 1. The fourth-order valence-corrected chi connectivity index (χ4v) is 2.28. The number of likely N-dealkylation sites (tertiary alicyclic amines) is 1. The van der Waals surface area contributed by atoms with Crippen molar-refractivity contribution in [2.45, 2.75) is 32.2 Å². The summed E-state index contributed by atoms with van der Waals surface area (Å²) in [5.41, 5.74) is 5.02. The van der Waals surface area contributed by atoms with Gasteiger partial charge in [0.1, 0.15) is 11.6 Å². The van der Waals surface area contributed by atoms with Crippen molar-refractivity contribution in [1.82, 2.24) is 4.90 Å². The molecule has 18 heavy (non-hydrogen) atoms. The Kier molecular flexibility index (Phi) is 3.50. The predicted octanol–water partition coefficient (Wildman–Crippen LogP) is 2.56. The number of piperidine rings is 1. The quantitative estimate of drug-likeness (QED) is 0.783. The summed E-state index contributed by atoms with van der Waals surface area (Å²) >= 11 is 0. The molecule has 5 heteroatoms. The van der Waals surface area contributed by atoms with E-state index in [0.29, 0.717) is 12.6 Å². The number of nitrogens with two attached hydrogens (primary N) is 1. The van der Waals surface area contributed by atoms with Gasteiger partial charge in [-0.05, 0) is 32.3 Å². The maximum absolute atomic E-state index is 13.6. The lowest BCUT2D eigenvalue weighted by atomic mass is 10.0. The smallest absolute Gasteiger partial charge is 0.257 e. The van der Waals surface area contributed by atoms with E-state index < -0.39 is 17.5 Å². The van der Waals surface area contributed by atoms with Crippen molar-refractivity contribution in [1.29, 1.82) is 0 Å². The first-order valence-electron chi connectivity index (χ1n) is 6.06. The van der Waals surface area contributed by atoms with E-state index in [0.717, 1.165) is 25.3 Å². The Hall–Kier alpha value is -1.65. The molecule has 1 amide bonds. The van der Waals surface area contributed by atoms with Crippen LogP contribution in [0.2, 0.25) is 0 Å². The van der Waals surface area contributed by atoms with Crippen LogP contribution in [-0.2, 0) is 0 Å². The molecule has 0 saturated carbocycles. The summed E-state index contributed by atoms with van der Waals surface area (Å²) in [7, 11) is 0. The minimum absolute atomic E-state index is 0.0805. The SMILES string of the molecule is CC1CCCCN1C(=O)c1cc(N)c(F)cc1F. The van der Waals surface area contributed by atoms with E-state index in [-0.39, 0.29) is 17.3 Å². The van der Waals surface area contributed by atoms with Crippen LogP contribution in [0.5, 0.6) is 0 Å². The van der Waals surface area contributed by atoms with Gasteiger partial charge in [0.05, 0.1) is 11.3 Å². The Morgan fingerprint density at radius 3 is 2.72 bits per heavy atom. The van der Waals surface area contributed by atoms with Gasteiger partial charge in [-0.2, -0.15) is 0 Å². The summed E-state index contributed by atoms with van der Waals surface area (Å²) in [5, 5.41) is 0. The molecule has 0 spiro atoms. The zero-order chi connectivity index (χ0) is 13.3. The zero-order valence-electron chi connectivity index (χ0n) is 10.2. The van der Waals surface area contributed by atoms with E-state index in [4.69, 9.17) is 5.73 Å². The van der Waals surface area contributed by atoms with Crippen molar-refractivity contribution in [2.75, 3.05) is 12.3 Å². The summed E-state index contributed by atoms with van der Waals surface area (Å²) in [6.07, 6.45) is 2.89. The molecule has 3 nitrogen and oxygen atoms in total. The molecule has 0 bridgehead atoms. The molecule has 1 aliphatic heterocycles. The van der Waals surface area contributed by atoms with Crippen LogP contribution in [0.3, 0.4) is 0 Å². The maximum atomic E-state index is 13.6. The lowest BCUT2D eigenvalue weighted by molar-refractivity contribution is 0.0631. The molecule has 1 aliphatic rings. The third-order valence-corrected chi connectivity index (χ3v) is 3.38. The van der Waals surface area contributed by atoms with Crippen molar-refractivity contribution in [3.05, 3.63) is 29.3 Å². The van der Waals surface area contributed by atoms with Crippen molar-refractivity contribution in [3.63, 3.8) is 0 Å². The number of carbonyl (C=O) groups is 1. The third kappa shape index (κ3) is 2.30. The lowest BCUT2D eigenvalue weighted by Gasteiger charge is -2.33. The van der Waals surface area contributed by atoms with Crippen molar-refractivity contribution in [3.8, 4) is 0 Å². The molecule has 2 N–H and O–H groups in total. The highest BCUT2D eigenvalue weighted by molar-refractivity contribution is 5.95. The number of hydrogen-bond acceptors (Lipinski definition) is 2. The third-order valence-electron chi connectivity index (χ3n) is 3.38. The summed E-state index contributed by atoms with van der Waals surface area (Å²) in [4.78, 5) is 13.8. The molecule has 0 aromatic heterocycles. The van der Waals surface area contributed by atoms with Gasteiger partial charge in [0, 0.05) is 18.7 Å². The Morgan fingerprint density at radius 1 is 1.33 bits per heavy atom. The van der Waals surface area contributed by atoms with Gasteiger partial charge in [0.15, 0.2) is 0 Å². The van der Waals surface area contributed by atoms with Crippen LogP contribution in [0, 0.1) is 11.6 Å². The average molecular weight is 254 g/mol. The minimum atomic E-state index is -0.857. The van der Waals surface area contributed by atoms with Gasteiger partial charge in [0.25, 0.3) is 5.91 Å². The van der Waals surface area contributed by atoms with Crippen LogP contribution in [0.1, 0.15) is 36.5 Å². The van der Waals surface area contributed by atoms with Crippen molar-refractivity contribution in [2.24, 2.45) is 0 Å². The molecule has 0 radical (unpaired) electrons. The fraction of sp³-hybridized carbons (Fsp3) is 0.462. The van der Waals surface area contributed by atoms with E-state index in [1.165, 1.54) is 0 Å². The molecule has 98 valence electrons. The molecule has 0 aliphatic carbocycles. The van der Waals surface area contributed by atoms with Gasteiger partial charge in [-0.15, -0.1) is 0 Å². The van der Waals surface area contributed by atoms with Crippen molar-refractivity contribution < 1.29 is 13.6 Å². The second kappa shape index (κ2) is 4.92. The Bertz CT molecular complexity index is 476. The monoisotopic (exact) mass is 254 g/mol. The van der Waals surface area contributed by atoms with E-state index >= 15 is 0 Å². The zero-order valence-corrected chi connectivity index (χ0v) is 10.2. The first kappa shape index (κ1) is 12.8. The van der Waals surface area contributed by atoms with Gasteiger partial charge < -0.3 is 10.6 Å². The fourth-order valence-electron chi connectivity index (χ4n) is 2.28. The largest absolute Gasteiger partial charge is 0.396 e. The molecule has 1 aromatic rings. The lowest BCUT2D eigenvalue weighted by Crippen LogP contribution is -2.42. The second-order valence-corrected chi connectivity index (χ2v) is 4.70. The first-order chi connectivity index (χ1) is 8.50. The molecule has 1 heterocycles.